The first kappa shape index (κ1) is 19.2. The molecule has 1 fully saturated rings. The van der Waals surface area contributed by atoms with Gasteiger partial charge >= 0.3 is 5.97 Å². The van der Waals surface area contributed by atoms with Crippen LogP contribution in [0.15, 0.2) is 30.3 Å². The Labute approximate surface area is 162 Å². The summed E-state index contributed by atoms with van der Waals surface area (Å²) in [5.74, 6) is -1.02. The predicted molar refractivity (Wildman–Crippen MR) is 101 cm³/mol. The van der Waals surface area contributed by atoms with Gasteiger partial charge in [-0.1, -0.05) is 29.8 Å². The molecule has 6 nitrogen and oxygen atoms in total. The highest BCUT2D eigenvalue weighted by molar-refractivity contribution is 6.31. The largest absolute Gasteiger partial charge is 0.456 e. The van der Waals surface area contributed by atoms with E-state index in [1.54, 1.807) is 6.07 Å². The number of ketones is 1. The third-order valence-corrected chi connectivity index (χ3v) is 5.15. The summed E-state index contributed by atoms with van der Waals surface area (Å²) >= 11 is 6.24. The number of amides is 1. The van der Waals surface area contributed by atoms with Crippen molar-refractivity contribution in [2.45, 2.75) is 39.3 Å². The molecule has 0 unspecified atom stereocenters. The minimum absolute atomic E-state index is 0.175. The molecule has 0 aliphatic carbocycles. The van der Waals surface area contributed by atoms with Crippen molar-refractivity contribution in [1.29, 1.82) is 0 Å². The summed E-state index contributed by atoms with van der Waals surface area (Å²) < 4.78 is 7.11. The minimum atomic E-state index is -0.655. The first-order valence-corrected chi connectivity index (χ1v) is 9.14. The number of halogens is 1. The Morgan fingerprint density at radius 1 is 1.30 bits per heavy atom. The number of carbonyl (C=O) groups excluding carboxylic acids is 3. The number of hydrogen-bond acceptors (Lipinski definition) is 4. The quantitative estimate of drug-likeness (QED) is 0.609. The van der Waals surface area contributed by atoms with Crippen LogP contribution in [0.5, 0.6) is 0 Å². The number of aryl methyl sites for hydroxylation is 1. The van der Waals surface area contributed by atoms with Crippen molar-refractivity contribution in [1.82, 2.24) is 9.88 Å². The Balaban J connectivity index is 1.68. The van der Waals surface area contributed by atoms with Crippen molar-refractivity contribution in [3.8, 4) is 0 Å². The van der Waals surface area contributed by atoms with Crippen molar-refractivity contribution < 1.29 is 19.1 Å². The van der Waals surface area contributed by atoms with Gasteiger partial charge in [0.25, 0.3) is 0 Å². The van der Waals surface area contributed by atoms with Crippen LogP contribution >= 0.6 is 11.6 Å². The number of ether oxygens (including phenoxy) is 1. The van der Waals surface area contributed by atoms with E-state index in [1.807, 2.05) is 42.7 Å². The number of esters is 1. The fourth-order valence-electron chi connectivity index (χ4n) is 3.23. The second kappa shape index (κ2) is 7.96. The maximum atomic E-state index is 12.5. The molecule has 1 aromatic carbocycles. The van der Waals surface area contributed by atoms with E-state index in [0.29, 0.717) is 30.0 Å². The molecule has 1 aliphatic rings. The third-order valence-electron chi connectivity index (χ3n) is 4.79. The highest BCUT2D eigenvalue weighted by Crippen LogP contribution is 2.22. The molecule has 3 rings (SSSR count). The lowest BCUT2D eigenvalue weighted by Crippen LogP contribution is -2.35. The van der Waals surface area contributed by atoms with Crippen molar-refractivity contribution in [3.05, 3.63) is 57.9 Å². The summed E-state index contributed by atoms with van der Waals surface area (Å²) in [7, 11) is 0. The van der Waals surface area contributed by atoms with Crippen LogP contribution in [0.3, 0.4) is 0 Å². The third kappa shape index (κ3) is 4.22. The topological polar surface area (TPSA) is 77.4 Å². The van der Waals surface area contributed by atoms with Gasteiger partial charge in [0.2, 0.25) is 11.7 Å². The summed E-state index contributed by atoms with van der Waals surface area (Å²) in [4.78, 5) is 35.7. The van der Waals surface area contributed by atoms with E-state index >= 15 is 0 Å². The fourth-order valence-corrected chi connectivity index (χ4v) is 3.43. The first-order chi connectivity index (χ1) is 12.9. The lowest BCUT2D eigenvalue weighted by atomic mass is 10.1. The molecule has 1 N–H and O–H groups in total. The monoisotopic (exact) mass is 388 g/mol. The molecule has 2 aromatic rings. The smallest absolute Gasteiger partial charge is 0.329 e. The first-order valence-electron chi connectivity index (χ1n) is 8.76. The van der Waals surface area contributed by atoms with Crippen molar-refractivity contribution in [2.75, 3.05) is 6.61 Å². The lowest BCUT2D eigenvalue weighted by molar-refractivity contribution is -0.145. The fraction of sp³-hybridized carbons (Fsp3) is 0.350. The number of nitrogens with one attached hydrogen (secondary N) is 1. The minimum Gasteiger partial charge on any atom is -0.456 e. The van der Waals surface area contributed by atoms with Crippen LogP contribution in [0.25, 0.3) is 0 Å². The Morgan fingerprint density at radius 3 is 2.70 bits per heavy atom. The Hall–Kier alpha value is -2.60. The van der Waals surface area contributed by atoms with Gasteiger partial charge in [-0.3, -0.25) is 9.59 Å². The number of carbonyl (C=O) groups is 3. The summed E-state index contributed by atoms with van der Waals surface area (Å²) in [6.07, 6.45) is 0.703. The second-order valence-electron chi connectivity index (χ2n) is 6.65. The zero-order valence-corrected chi connectivity index (χ0v) is 16.0. The zero-order valence-electron chi connectivity index (χ0n) is 15.3. The standard InChI is InChI=1S/C20H21ClN2O4/c1-12-9-15(13(2)23(12)10-14-5-3-4-6-16(14)21)18(24)11-27-20(26)17-7-8-19(25)22-17/h3-6,9,17H,7-8,10-11H2,1-2H3,(H,22,25)/t17-/m1/s1. The Kier molecular flexibility index (Phi) is 5.65. The van der Waals surface area contributed by atoms with Gasteiger partial charge in [0.1, 0.15) is 6.04 Å². The number of nitrogens with zero attached hydrogens (tertiary/aromatic N) is 1. The predicted octanol–water partition coefficient (Wildman–Crippen LogP) is 2.81. The van der Waals surface area contributed by atoms with Crippen molar-refractivity contribution in [2.24, 2.45) is 0 Å². The van der Waals surface area contributed by atoms with Crippen LogP contribution in [0.4, 0.5) is 0 Å². The molecule has 1 aromatic heterocycles. The summed E-state index contributed by atoms with van der Waals surface area (Å²) in [6.45, 7) is 3.98. The van der Waals surface area contributed by atoms with E-state index in [0.717, 1.165) is 17.0 Å². The van der Waals surface area contributed by atoms with Gasteiger partial charge in [-0.25, -0.2) is 4.79 Å². The molecule has 142 valence electrons. The molecule has 1 aliphatic heterocycles. The Morgan fingerprint density at radius 2 is 2.04 bits per heavy atom. The molecule has 0 spiro atoms. The van der Waals surface area contributed by atoms with Crippen LogP contribution in [0, 0.1) is 13.8 Å². The van der Waals surface area contributed by atoms with Gasteiger partial charge in [0, 0.05) is 34.9 Å². The van der Waals surface area contributed by atoms with Crippen LogP contribution in [-0.2, 0) is 20.9 Å². The van der Waals surface area contributed by atoms with Crippen molar-refractivity contribution in [3.63, 3.8) is 0 Å². The SMILES string of the molecule is Cc1cc(C(=O)COC(=O)[C@H]2CCC(=O)N2)c(C)n1Cc1ccccc1Cl. The highest BCUT2D eigenvalue weighted by Gasteiger charge is 2.29. The van der Waals surface area contributed by atoms with Gasteiger partial charge in [-0.15, -0.1) is 0 Å². The molecule has 7 heteroatoms. The second-order valence-corrected chi connectivity index (χ2v) is 7.06. The van der Waals surface area contributed by atoms with Gasteiger partial charge in [0.05, 0.1) is 0 Å². The molecular weight excluding hydrogens is 368 g/mol. The highest BCUT2D eigenvalue weighted by atomic mass is 35.5. The molecule has 1 atom stereocenters. The van der Waals surface area contributed by atoms with Gasteiger partial charge in [-0.05, 0) is 38.0 Å². The van der Waals surface area contributed by atoms with Crippen LogP contribution in [0.1, 0.15) is 40.2 Å². The number of benzene rings is 1. The summed E-state index contributed by atoms with van der Waals surface area (Å²) in [5.41, 5.74) is 3.19. The lowest BCUT2D eigenvalue weighted by Gasteiger charge is -2.12. The average Bonchev–Trinajstić information content (AvgIpc) is 3.19. The van der Waals surface area contributed by atoms with Gasteiger partial charge in [0.15, 0.2) is 6.61 Å². The molecule has 1 saturated heterocycles. The average molecular weight is 389 g/mol. The molecule has 0 saturated carbocycles. The van der Waals surface area contributed by atoms with Crippen LogP contribution < -0.4 is 5.32 Å². The number of rotatable bonds is 6. The van der Waals surface area contributed by atoms with E-state index < -0.39 is 12.0 Å². The number of hydrogen-bond donors (Lipinski definition) is 1. The van der Waals surface area contributed by atoms with Gasteiger partial charge < -0.3 is 14.6 Å². The van der Waals surface area contributed by atoms with Crippen molar-refractivity contribution >= 4 is 29.3 Å². The zero-order chi connectivity index (χ0) is 19.6. The number of aromatic nitrogens is 1. The maximum Gasteiger partial charge on any atom is 0.329 e. The van der Waals surface area contributed by atoms with E-state index in [2.05, 4.69) is 5.32 Å². The van der Waals surface area contributed by atoms with Crippen LogP contribution in [-0.4, -0.2) is 34.9 Å². The van der Waals surface area contributed by atoms with Gasteiger partial charge in [-0.2, -0.15) is 0 Å². The van der Waals surface area contributed by atoms with E-state index in [9.17, 15) is 14.4 Å². The molecule has 1 amide bonds. The van der Waals surface area contributed by atoms with E-state index in [1.165, 1.54) is 0 Å². The molecule has 2 heterocycles. The van der Waals surface area contributed by atoms with E-state index in [-0.39, 0.29) is 18.3 Å². The maximum absolute atomic E-state index is 12.5. The van der Waals surface area contributed by atoms with Crippen LogP contribution in [0.2, 0.25) is 5.02 Å². The summed E-state index contributed by atoms with van der Waals surface area (Å²) in [6, 6.07) is 8.70. The molecule has 0 radical (unpaired) electrons. The molecule has 27 heavy (non-hydrogen) atoms. The molecular formula is C20H21ClN2O4. The molecule has 0 bridgehead atoms. The normalized spacial score (nSPS) is 16.3. The Bertz CT molecular complexity index is 903. The number of Topliss-reactive ketones (excluding diaryl/α,β-unsaturated/α-hetero) is 1. The summed E-state index contributed by atoms with van der Waals surface area (Å²) in [5, 5.41) is 3.20. The van der Waals surface area contributed by atoms with E-state index in [4.69, 9.17) is 16.3 Å².